The molecule has 264 valence electrons. The number of benzene rings is 4. The third-order valence-corrected chi connectivity index (χ3v) is 9.78. The molecular weight excluding hydrogens is 695 g/mol. The van der Waals surface area contributed by atoms with Gasteiger partial charge in [-0.05, 0) is 60.1 Å². The van der Waals surface area contributed by atoms with Crippen molar-refractivity contribution in [3.05, 3.63) is 135 Å². The van der Waals surface area contributed by atoms with Crippen LogP contribution in [0.5, 0.6) is 5.75 Å². The van der Waals surface area contributed by atoms with Crippen molar-refractivity contribution in [2.24, 2.45) is 0 Å². The van der Waals surface area contributed by atoms with Crippen LogP contribution < -0.4 is 10.1 Å². The molecule has 0 fully saturated rings. The zero-order chi connectivity index (χ0) is 36.6. The summed E-state index contributed by atoms with van der Waals surface area (Å²) in [5, 5.41) is 28.7. The van der Waals surface area contributed by atoms with E-state index in [0.717, 1.165) is 57.4 Å². The number of fused-ring (bicyclic) bond motifs is 1. The highest BCUT2D eigenvalue weighted by atomic mass is 35.5. The first-order chi connectivity index (χ1) is 25.3. The lowest BCUT2D eigenvalue weighted by Gasteiger charge is -2.17. The van der Waals surface area contributed by atoms with Crippen LogP contribution in [0.25, 0.3) is 33.2 Å². The molecule has 0 bridgehead atoms. The maximum Gasteiger partial charge on any atom is 0.139 e. The molecule has 0 aliphatic rings. The average Bonchev–Trinajstić information content (AvgIpc) is 3.59. The molecule has 9 nitrogen and oxygen atoms in total. The van der Waals surface area contributed by atoms with Crippen LogP contribution >= 0.6 is 23.2 Å². The Labute approximate surface area is 313 Å². The van der Waals surface area contributed by atoms with E-state index in [1.54, 1.807) is 18.3 Å². The molecule has 0 aliphatic carbocycles. The lowest BCUT2D eigenvalue weighted by atomic mass is 9.96. The second-order valence-corrected chi connectivity index (χ2v) is 13.4. The largest absolute Gasteiger partial charge is 0.489 e. The van der Waals surface area contributed by atoms with Crippen LogP contribution in [0.4, 0.5) is 0 Å². The summed E-state index contributed by atoms with van der Waals surface area (Å²) >= 11 is 14.0. The van der Waals surface area contributed by atoms with Gasteiger partial charge in [0.15, 0.2) is 0 Å². The van der Waals surface area contributed by atoms with E-state index in [1.165, 1.54) is 11.8 Å². The van der Waals surface area contributed by atoms with E-state index < -0.39 is 6.04 Å². The molecule has 0 saturated carbocycles. The number of rotatable bonds is 15. The number of nitrogens with one attached hydrogen (secondary N) is 1. The van der Waals surface area contributed by atoms with Gasteiger partial charge >= 0.3 is 0 Å². The molecule has 11 heteroatoms. The van der Waals surface area contributed by atoms with Crippen LogP contribution in [-0.4, -0.2) is 57.3 Å². The van der Waals surface area contributed by atoms with Crippen molar-refractivity contribution >= 4 is 40.4 Å². The van der Waals surface area contributed by atoms with Gasteiger partial charge in [-0.25, -0.2) is 0 Å². The molecule has 0 amide bonds. The van der Waals surface area contributed by atoms with Gasteiger partial charge in [-0.15, -0.1) is 0 Å². The van der Waals surface area contributed by atoms with Crippen LogP contribution in [0.2, 0.25) is 10.0 Å². The van der Waals surface area contributed by atoms with Crippen molar-refractivity contribution in [2.45, 2.75) is 39.2 Å². The van der Waals surface area contributed by atoms with Crippen molar-refractivity contribution in [1.29, 1.82) is 5.26 Å². The minimum absolute atomic E-state index is 0.155. The minimum atomic E-state index is -0.736. The number of nitriles is 1. The molecule has 1 unspecified atom stereocenters. The average molecular weight is 734 g/mol. The SMILES string of the molecule is CCN(C)Cc1ccc(-c2cccc(-c3cccc4c3cnn4Cc3cc(OCc4cncc(C#N)c4)c(CNC(C=O)CO)cc3Cl)c2Cl)cc1. The molecular formula is C41H38Cl2N6O3. The smallest absolute Gasteiger partial charge is 0.139 e. The van der Waals surface area contributed by atoms with Gasteiger partial charge < -0.3 is 24.9 Å². The molecule has 1 atom stereocenters. The number of nitrogens with zero attached hydrogens (tertiary/aromatic N) is 5. The number of carbonyl (C=O) groups excluding carboxylic acids is 1. The number of ether oxygens (including phenoxy) is 1. The fourth-order valence-corrected chi connectivity index (χ4v) is 6.60. The molecule has 6 rings (SSSR count). The topological polar surface area (TPSA) is 116 Å². The van der Waals surface area contributed by atoms with Crippen molar-refractivity contribution < 1.29 is 14.6 Å². The Bertz CT molecular complexity index is 2230. The maximum absolute atomic E-state index is 11.4. The van der Waals surface area contributed by atoms with E-state index in [9.17, 15) is 15.2 Å². The van der Waals surface area contributed by atoms with Crippen molar-refractivity contribution in [3.8, 4) is 34.1 Å². The van der Waals surface area contributed by atoms with Crippen LogP contribution in [0, 0.1) is 11.3 Å². The monoisotopic (exact) mass is 732 g/mol. The Kier molecular flexibility index (Phi) is 12.0. The maximum atomic E-state index is 11.4. The standard InChI is InChI=1S/C41H38Cl2N6O3/c1-3-48(2)22-27-10-12-30(13-11-27)34-6-4-8-36(41(34)43)35-7-5-9-39-37(35)21-47-49(39)23-32-16-40(52-26-29-14-28(17-44)18-45-19-29)31(15-38(32)42)20-46-33(24-50)25-51/h4-16,18-19,21,24,33,46,51H,3,20,22-23,25-26H2,1-2H3. The summed E-state index contributed by atoms with van der Waals surface area (Å²) < 4.78 is 8.13. The molecule has 0 aliphatic heterocycles. The molecule has 4 aromatic carbocycles. The zero-order valence-corrected chi connectivity index (χ0v) is 30.4. The molecule has 2 N–H and O–H groups in total. The van der Waals surface area contributed by atoms with Gasteiger partial charge in [0.25, 0.3) is 0 Å². The van der Waals surface area contributed by atoms with Crippen molar-refractivity contribution in [1.82, 2.24) is 25.0 Å². The van der Waals surface area contributed by atoms with E-state index in [-0.39, 0.29) is 19.8 Å². The van der Waals surface area contributed by atoms with Crippen LogP contribution in [0.1, 0.15) is 34.7 Å². The highest BCUT2D eigenvalue weighted by molar-refractivity contribution is 6.36. The summed E-state index contributed by atoms with van der Waals surface area (Å²) in [5.74, 6) is 0.531. The first-order valence-electron chi connectivity index (χ1n) is 16.9. The second kappa shape index (κ2) is 17.0. The molecule has 6 aromatic rings. The summed E-state index contributed by atoms with van der Waals surface area (Å²) in [6.07, 6.45) is 5.63. The Balaban J connectivity index is 1.30. The Morgan fingerprint density at radius 3 is 2.50 bits per heavy atom. The number of hydrogen-bond acceptors (Lipinski definition) is 8. The first kappa shape index (κ1) is 36.7. The number of aliphatic hydroxyl groups excluding tert-OH is 1. The molecule has 0 saturated heterocycles. The Morgan fingerprint density at radius 1 is 0.981 bits per heavy atom. The van der Waals surface area contributed by atoms with Gasteiger partial charge in [0.2, 0.25) is 0 Å². The van der Waals surface area contributed by atoms with Gasteiger partial charge in [0.05, 0.1) is 41.5 Å². The van der Waals surface area contributed by atoms with Crippen molar-refractivity contribution in [3.63, 3.8) is 0 Å². The first-order valence-corrected chi connectivity index (χ1v) is 17.7. The second-order valence-electron chi connectivity index (χ2n) is 12.6. The molecule has 2 heterocycles. The number of aldehydes is 1. The highest BCUT2D eigenvalue weighted by Crippen LogP contribution is 2.39. The van der Waals surface area contributed by atoms with E-state index in [2.05, 4.69) is 65.6 Å². The summed E-state index contributed by atoms with van der Waals surface area (Å²) in [7, 11) is 2.11. The van der Waals surface area contributed by atoms with Gasteiger partial charge in [0, 0.05) is 58.1 Å². The van der Waals surface area contributed by atoms with Gasteiger partial charge in [-0.1, -0.05) is 84.7 Å². The normalized spacial score (nSPS) is 11.9. The van der Waals surface area contributed by atoms with Crippen LogP contribution in [0.15, 0.2) is 97.5 Å². The van der Waals surface area contributed by atoms with E-state index in [4.69, 9.17) is 33.0 Å². The molecule has 0 radical (unpaired) electrons. The van der Waals surface area contributed by atoms with Crippen molar-refractivity contribution in [2.75, 3.05) is 20.2 Å². The Hall–Kier alpha value is -5.08. The molecule has 52 heavy (non-hydrogen) atoms. The van der Waals surface area contributed by atoms with E-state index >= 15 is 0 Å². The van der Waals surface area contributed by atoms with Gasteiger partial charge in [-0.2, -0.15) is 10.4 Å². The minimum Gasteiger partial charge on any atom is -0.489 e. The lowest BCUT2D eigenvalue weighted by Crippen LogP contribution is -2.33. The summed E-state index contributed by atoms with van der Waals surface area (Å²) in [4.78, 5) is 17.7. The predicted octanol–water partition coefficient (Wildman–Crippen LogP) is 7.67. The quantitative estimate of drug-likeness (QED) is 0.103. The summed E-state index contributed by atoms with van der Waals surface area (Å²) in [6, 6.07) is 27.5. The summed E-state index contributed by atoms with van der Waals surface area (Å²) in [6.45, 7) is 4.41. The molecule has 0 spiro atoms. The predicted molar refractivity (Wildman–Crippen MR) is 205 cm³/mol. The number of carbonyl (C=O) groups is 1. The highest BCUT2D eigenvalue weighted by Gasteiger charge is 2.17. The van der Waals surface area contributed by atoms with Gasteiger partial charge in [0.1, 0.15) is 24.7 Å². The molecule has 2 aromatic heterocycles. The van der Waals surface area contributed by atoms with Crippen LogP contribution in [-0.2, 0) is 31.0 Å². The lowest BCUT2D eigenvalue weighted by molar-refractivity contribution is -0.110. The third kappa shape index (κ3) is 8.34. The third-order valence-electron chi connectivity index (χ3n) is 9.02. The number of aliphatic hydroxyl groups is 1. The Morgan fingerprint density at radius 2 is 1.75 bits per heavy atom. The zero-order valence-electron chi connectivity index (χ0n) is 28.9. The van der Waals surface area contributed by atoms with Crippen LogP contribution in [0.3, 0.4) is 0 Å². The fraction of sp³-hybridized carbons (Fsp3) is 0.220. The fourth-order valence-electron chi connectivity index (χ4n) is 6.02. The number of halogens is 2. The van der Waals surface area contributed by atoms with E-state index in [0.29, 0.717) is 39.8 Å². The van der Waals surface area contributed by atoms with E-state index in [1.807, 2.05) is 47.3 Å². The summed E-state index contributed by atoms with van der Waals surface area (Å²) in [5.41, 5.74) is 8.66. The number of pyridine rings is 1. The number of aromatic nitrogens is 3. The number of hydrogen-bond donors (Lipinski definition) is 2. The van der Waals surface area contributed by atoms with Gasteiger partial charge in [-0.3, -0.25) is 9.67 Å².